The molecular weight excluding hydrogens is 252 g/mol. The van der Waals surface area contributed by atoms with Gasteiger partial charge in [-0.1, -0.05) is 38.5 Å². The maximum Gasteiger partial charge on any atom is 0.163 e. The second-order valence-electron chi connectivity index (χ2n) is 4.40. The Hall–Kier alpha value is -0.160. The Bertz CT molecular complexity index is 201. The lowest BCUT2D eigenvalue weighted by Gasteiger charge is -2.03. The van der Waals surface area contributed by atoms with Crippen molar-refractivity contribution in [2.45, 2.75) is 51.4 Å². The van der Waals surface area contributed by atoms with Crippen LogP contribution in [0.2, 0.25) is 0 Å². The molecule has 0 bridgehead atoms. The monoisotopic (exact) mass is 278 g/mol. The lowest BCUT2D eigenvalue weighted by Crippen LogP contribution is -2.29. The summed E-state index contributed by atoms with van der Waals surface area (Å²) >= 11 is 4.72. The largest absolute Gasteiger partial charge is 0.376 e. The Kier molecular flexibility index (Phi) is 12.2. The highest BCUT2D eigenvalue weighted by molar-refractivity contribution is 7.84. The second kappa shape index (κ2) is 12.3. The van der Waals surface area contributed by atoms with Crippen LogP contribution in [-0.2, 0) is 10.8 Å². The molecule has 3 nitrogen and oxygen atoms in total. The van der Waals surface area contributed by atoms with Crippen molar-refractivity contribution < 1.29 is 4.21 Å². The Morgan fingerprint density at radius 3 is 2.00 bits per heavy atom. The molecular formula is C12H26N2OS2. The third-order valence-corrected chi connectivity index (χ3v) is 3.67. The lowest BCUT2D eigenvalue weighted by molar-refractivity contribution is 0.573. The van der Waals surface area contributed by atoms with Gasteiger partial charge in [-0.25, -0.2) is 0 Å². The molecule has 0 aromatic carbocycles. The van der Waals surface area contributed by atoms with Crippen molar-refractivity contribution >= 4 is 28.1 Å². The second-order valence-corrected chi connectivity index (χ2v) is 6.39. The fourth-order valence-corrected chi connectivity index (χ4v) is 2.42. The number of rotatable bonds is 11. The van der Waals surface area contributed by atoms with E-state index in [1.165, 1.54) is 38.5 Å². The fourth-order valence-electron chi connectivity index (χ4n) is 1.70. The van der Waals surface area contributed by atoms with Gasteiger partial charge < -0.3 is 11.1 Å². The van der Waals surface area contributed by atoms with Crippen molar-refractivity contribution in [2.24, 2.45) is 5.73 Å². The molecule has 0 aliphatic carbocycles. The highest BCUT2D eigenvalue weighted by Crippen LogP contribution is 2.08. The van der Waals surface area contributed by atoms with Gasteiger partial charge in [-0.05, 0) is 25.1 Å². The maximum absolute atomic E-state index is 10.8. The van der Waals surface area contributed by atoms with Crippen LogP contribution in [0.5, 0.6) is 0 Å². The number of thiocarbonyl (C=S) groups is 1. The van der Waals surface area contributed by atoms with Crippen LogP contribution in [0.1, 0.15) is 51.4 Å². The molecule has 0 aliphatic heterocycles. The predicted octanol–water partition coefficient (Wildman–Crippen LogP) is 2.32. The van der Waals surface area contributed by atoms with E-state index in [1.54, 1.807) is 6.26 Å². The van der Waals surface area contributed by atoms with Crippen molar-refractivity contribution in [1.29, 1.82) is 0 Å². The summed E-state index contributed by atoms with van der Waals surface area (Å²) in [5, 5.41) is 3.36. The van der Waals surface area contributed by atoms with Crippen LogP contribution >= 0.6 is 12.2 Å². The van der Waals surface area contributed by atoms with Gasteiger partial charge in [0.05, 0.1) is 0 Å². The zero-order chi connectivity index (χ0) is 12.9. The summed E-state index contributed by atoms with van der Waals surface area (Å²) in [6.07, 6.45) is 11.7. The third-order valence-electron chi connectivity index (χ3n) is 2.66. The maximum atomic E-state index is 10.8. The summed E-state index contributed by atoms with van der Waals surface area (Å²) in [6.45, 7) is 0.900. The molecule has 0 spiro atoms. The first-order valence-corrected chi connectivity index (χ1v) is 8.60. The topological polar surface area (TPSA) is 55.1 Å². The summed E-state index contributed by atoms with van der Waals surface area (Å²) in [4.78, 5) is 0. The molecule has 0 saturated carbocycles. The molecule has 3 N–H and O–H groups in total. The van der Waals surface area contributed by atoms with Crippen LogP contribution < -0.4 is 11.1 Å². The molecule has 1 atom stereocenters. The highest BCUT2D eigenvalue weighted by atomic mass is 32.2. The van der Waals surface area contributed by atoms with Gasteiger partial charge in [-0.15, -0.1) is 0 Å². The summed E-state index contributed by atoms with van der Waals surface area (Å²) in [7, 11) is -0.610. The SMILES string of the molecule is C[S@](=O)CCCCCCCCCCNC(N)=S. The van der Waals surface area contributed by atoms with E-state index in [2.05, 4.69) is 5.32 Å². The first-order valence-electron chi connectivity index (χ1n) is 6.46. The summed E-state index contributed by atoms with van der Waals surface area (Å²) in [5.74, 6) is 0.866. The Labute approximate surface area is 113 Å². The molecule has 0 fully saturated rings. The number of hydrogen-bond acceptors (Lipinski definition) is 2. The van der Waals surface area contributed by atoms with Crippen LogP contribution in [0.4, 0.5) is 0 Å². The standard InChI is InChI=1S/C12H26N2OS2/c1-17(15)11-9-7-5-3-2-4-6-8-10-14-12(13)16/h2-11H2,1H3,(H3,13,14,16)/t17-/m0/s1. The van der Waals surface area contributed by atoms with Crippen LogP contribution in [0.3, 0.4) is 0 Å². The molecule has 17 heavy (non-hydrogen) atoms. The molecule has 0 heterocycles. The number of nitrogens with two attached hydrogens (primary N) is 1. The summed E-state index contributed by atoms with van der Waals surface area (Å²) in [5.41, 5.74) is 5.32. The first-order chi connectivity index (χ1) is 8.13. The van der Waals surface area contributed by atoms with Crippen molar-refractivity contribution in [3.8, 4) is 0 Å². The van der Waals surface area contributed by atoms with Gasteiger partial charge in [0.25, 0.3) is 0 Å². The smallest absolute Gasteiger partial charge is 0.163 e. The minimum atomic E-state index is -0.610. The number of nitrogens with one attached hydrogen (secondary N) is 1. The zero-order valence-corrected chi connectivity index (χ0v) is 12.5. The van der Waals surface area contributed by atoms with E-state index in [4.69, 9.17) is 18.0 Å². The van der Waals surface area contributed by atoms with Crippen molar-refractivity contribution in [2.75, 3.05) is 18.6 Å². The van der Waals surface area contributed by atoms with Crippen LogP contribution in [0.25, 0.3) is 0 Å². The zero-order valence-electron chi connectivity index (χ0n) is 10.9. The summed E-state index contributed by atoms with van der Waals surface area (Å²) < 4.78 is 10.8. The van der Waals surface area contributed by atoms with E-state index in [0.29, 0.717) is 5.11 Å². The van der Waals surface area contributed by atoms with Gasteiger partial charge in [0.2, 0.25) is 0 Å². The normalized spacial score (nSPS) is 12.3. The van der Waals surface area contributed by atoms with E-state index in [-0.39, 0.29) is 0 Å². The van der Waals surface area contributed by atoms with Crippen molar-refractivity contribution in [3.63, 3.8) is 0 Å². The van der Waals surface area contributed by atoms with Crippen molar-refractivity contribution in [3.05, 3.63) is 0 Å². The van der Waals surface area contributed by atoms with Gasteiger partial charge >= 0.3 is 0 Å². The highest BCUT2D eigenvalue weighted by Gasteiger charge is 1.94. The molecule has 5 heteroatoms. The molecule has 0 aromatic rings. The Morgan fingerprint density at radius 2 is 1.53 bits per heavy atom. The average molecular weight is 278 g/mol. The molecule has 0 unspecified atom stereocenters. The molecule has 0 rings (SSSR count). The molecule has 0 aromatic heterocycles. The molecule has 0 radical (unpaired) electrons. The quantitative estimate of drug-likeness (QED) is 0.450. The molecule has 102 valence electrons. The third kappa shape index (κ3) is 15.8. The fraction of sp³-hybridized carbons (Fsp3) is 0.917. The van der Waals surface area contributed by atoms with Gasteiger partial charge in [0, 0.05) is 29.4 Å². The minimum absolute atomic E-state index is 0.401. The molecule has 0 saturated heterocycles. The average Bonchev–Trinajstić information content (AvgIpc) is 2.25. The summed E-state index contributed by atoms with van der Waals surface area (Å²) in [6, 6.07) is 0. The van der Waals surface area contributed by atoms with Gasteiger partial charge in [0.15, 0.2) is 5.11 Å². The first kappa shape index (κ1) is 16.8. The Balaban J connectivity index is 2.98. The van der Waals surface area contributed by atoms with Crippen LogP contribution in [0.15, 0.2) is 0 Å². The van der Waals surface area contributed by atoms with E-state index in [1.807, 2.05) is 0 Å². The number of hydrogen-bond donors (Lipinski definition) is 2. The van der Waals surface area contributed by atoms with Gasteiger partial charge in [-0.3, -0.25) is 4.21 Å². The van der Waals surface area contributed by atoms with E-state index in [9.17, 15) is 4.21 Å². The number of unbranched alkanes of at least 4 members (excludes halogenated alkanes) is 7. The van der Waals surface area contributed by atoms with Crippen LogP contribution in [0, 0.1) is 0 Å². The molecule has 0 amide bonds. The minimum Gasteiger partial charge on any atom is -0.376 e. The van der Waals surface area contributed by atoms with Gasteiger partial charge in [-0.2, -0.15) is 0 Å². The Morgan fingerprint density at radius 1 is 1.06 bits per heavy atom. The van der Waals surface area contributed by atoms with E-state index in [0.717, 1.165) is 25.1 Å². The predicted molar refractivity (Wildman–Crippen MR) is 80.7 cm³/mol. The van der Waals surface area contributed by atoms with Crippen LogP contribution in [-0.4, -0.2) is 27.9 Å². The van der Waals surface area contributed by atoms with Gasteiger partial charge in [0.1, 0.15) is 0 Å². The lowest BCUT2D eigenvalue weighted by atomic mass is 10.1. The van der Waals surface area contributed by atoms with E-state index >= 15 is 0 Å². The van der Waals surface area contributed by atoms with Crippen molar-refractivity contribution in [1.82, 2.24) is 5.32 Å². The van der Waals surface area contributed by atoms with E-state index < -0.39 is 10.8 Å². The molecule has 0 aliphatic rings.